The summed E-state index contributed by atoms with van der Waals surface area (Å²) in [6.45, 7) is 10.5. The Morgan fingerprint density at radius 1 is 1.15 bits per heavy atom. The lowest BCUT2D eigenvalue weighted by atomic mass is 9.95. The maximum atomic E-state index is 14.1. The Labute approximate surface area is 236 Å². The van der Waals surface area contributed by atoms with Crippen LogP contribution in [0.2, 0.25) is 0 Å². The van der Waals surface area contributed by atoms with Gasteiger partial charge in [0.1, 0.15) is 0 Å². The second-order valence-corrected chi connectivity index (χ2v) is 10.8. The van der Waals surface area contributed by atoms with E-state index in [0.29, 0.717) is 37.7 Å². The van der Waals surface area contributed by atoms with Crippen LogP contribution in [0.4, 0.5) is 0 Å². The van der Waals surface area contributed by atoms with E-state index in [9.17, 15) is 9.59 Å². The van der Waals surface area contributed by atoms with Crippen LogP contribution >= 0.6 is 11.3 Å². The van der Waals surface area contributed by atoms with E-state index in [0.717, 1.165) is 23.0 Å². The third-order valence-electron chi connectivity index (χ3n) is 6.83. The summed E-state index contributed by atoms with van der Waals surface area (Å²) in [7, 11) is 1.57. The molecule has 8 nitrogen and oxygen atoms in total. The van der Waals surface area contributed by atoms with Crippen molar-refractivity contribution >= 4 is 34.3 Å². The number of rotatable bonds is 8. The number of fused-ring (bicyclic) bond motifs is 2. The van der Waals surface area contributed by atoms with Gasteiger partial charge in [-0.1, -0.05) is 35.6 Å². The summed E-state index contributed by atoms with van der Waals surface area (Å²) in [6, 6.07) is 12.9. The number of carbonyl (C=O) groups excluding carboxylic acids is 1. The third-order valence-corrected chi connectivity index (χ3v) is 7.81. The fraction of sp³-hybridized carbons (Fsp3) is 0.323. The standard InChI is InChI=1S/C31H33N3O5S/c1-7-33-17-21(22-11-9-10-12-23(22)33)16-26-29(35)34-28(20-13-14-24(39-18(3)4)25(15-20)37-6)27(30(36)38-8-2)19(5)32-31(34)40-26/h9-18,28H,7-8H2,1-6H3. The van der Waals surface area contributed by atoms with E-state index in [4.69, 9.17) is 19.2 Å². The lowest BCUT2D eigenvalue weighted by molar-refractivity contribution is -0.139. The van der Waals surface area contributed by atoms with Gasteiger partial charge in [-0.2, -0.15) is 0 Å². The van der Waals surface area contributed by atoms with Crippen LogP contribution in [0.25, 0.3) is 17.0 Å². The number of hydrogen-bond acceptors (Lipinski definition) is 7. The molecule has 2 aromatic carbocycles. The molecular formula is C31H33N3O5S. The first-order valence-corrected chi connectivity index (χ1v) is 14.2. The SMILES string of the molecule is CCOC(=O)C1=C(C)N=c2sc(=Cc3cn(CC)c4ccccc34)c(=O)n2C1c1ccc(OC(C)C)c(OC)c1. The predicted octanol–water partition coefficient (Wildman–Crippen LogP) is 4.57. The maximum Gasteiger partial charge on any atom is 0.338 e. The van der Waals surface area contributed by atoms with Crippen molar-refractivity contribution in [2.24, 2.45) is 4.99 Å². The molecule has 4 aromatic rings. The summed E-state index contributed by atoms with van der Waals surface area (Å²) in [5, 5.41) is 1.07. The molecule has 0 aliphatic carbocycles. The number of aryl methyl sites for hydroxylation is 1. The summed E-state index contributed by atoms with van der Waals surface area (Å²) >= 11 is 1.31. The molecule has 208 valence electrons. The number of hydrogen-bond donors (Lipinski definition) is 0. The third kappa shape index (κ3) is 4.86. The van der Waals surface area contributed by atoms with Crippen molar-refractivity contribution in [3.05, 3.63) is 90.7 Å². The molecule has 0 saturated heterocycles. The molecule has 2 aromatic heterocycles. The molecule has 3 heterocycles. The molecule has 1 aliphatic heterocycles. The molecule has 40 heavy (non-hydrogen) atoms. The highest BCUT2D eigenvalue weighted by molar-refractivity contribution is 7.07. The first-order chi connectivity index (χ1) is 19.3. The summed E-state index contributed by atoms with van der Waals surface area (Å²) in [6.07, 6.45) is 3.93. The number of para-hydroxylation sites is 1. The fourth-order valence-electron chi connectivity index (χ4n) is 5.11. The van der Waals surface area contributed by atoms with E-state index < -0.39 is 12.0 Å². The molecule has 9 heteroatoms. The first kappa shape index (κ1) is 27.5. The van der Waals surface area contributed by atoms with Gasteiger partial charge in [-0.25, -0.2) is 9.79 Å². The highest BCUT2D eigenvalue weighted by Gasteiger charge is 2.34. The van der Waals surface area contributed by atoms with Crippen LogP contribution in [0.3, 0.4) is 0 Å². The van der Waals surface area contributed by atoms with Crippen molar-refractivity contribution in [3.8, 4) is 11.5 Å². The van der Waals surface area contributed by atoms with E-state index in [2.05, 4.69) is 29.8 Å². The van der Waals surface area contributed by atoms with Gasteiger partial charge in [-0.3, -0.25) is 9.36 Å². The average Bonchev–Trinajstić information content (AvgIpc) is 3.44. The van der Waals surface area contributed by atoms with Gasteiger partial charge in [0, 0.05) is 29.2 Å². The number of carbonyl (C=O) groups is 1. The van der Waals surface area contributed by atoms with Crippen LogP contribution in [0, 0.1) is 0 Å². The number of esters is 1. The van der Waals surface area contributed by atoms with Gasteiger partial charge in [0.15, 0.2) is 16.3 Å². The summed E-state index contributed by atoms with van der Waals surface area (Å²) in [5.74, 6) is 0.591. The minimum absolute atomic E-state index is 0.0479. The number of allylic oxidation sites excluding steroid dienone is 1. The van der Waals surface area contributed by atoms with E-state index in [1.165, 1.54) is 11.3 Å². The van der Waals surface area contributed by atoms with E-state index in [-0.39, 0.29) is 18.3 Å². The number of nitrogens with zero attached hydrogens (tertiary/aromatic N) is 3. The quantitative estimate of drug-likeness (QED) is 0.296. The van der Waals surface area contributed by atoms with Gasteiger partial charge in [-0.15, -0.1) is 0 Å². The lowest BCUT2D eigenvalue weighted by Crippen LogP contribution is -2.40. The second kappa shape index (κ2) is 11.2. The van der Waals surface area contributed by atoms with Crippen LogP contribution in [0.5, 0.6) is 11.5 Å². The average molecular weight is 560 g/mol. The van der Waals surface area contributed by atoms with Gasteiger partial charge in [0.05, 0.1) is 41.7 Å². The zero-order chi connectivity index (χ0) is 28.6. The molecule has 0 bridgehead atoms. The van der Waals surface area contributed by atoms with Crippen molar-refractivity contribution in [2.75, 3.05) is 13.7 Å². The van der Waals surface area contributed by atoms with Crippen LogP contribution in [-0.4, -0.2) is 34.9 Å². The Bertz CT molecular complexity index is 1810. The Kier molecular flexibility index (Phi) is 7.67. The molecule has 1 atom stereocenters. The summed E-state index contributed by atoms with van der Waals surface area (Å²) in [4.78, 5) is 32.5. The topological polar surface area (TPSA) is 84.1 Å². The first-order valence-electron chi connectivity index (χ1n) is 13.4. The van der Waals surface area contributed by atoms with E-state index >= 15 is 0 Å². The monoisotopic (exact) mass is 559 g/mol. The van der Waals surface area contributed by atoms with Crippen molar-refractivity contribution in [3.63, 3.8) is 0 Å². The van der Waals surface area contributed by atoms with Gasteiger partial charge >= 0.3 is 5.97 Å². The Balaban J connectivity index is 1.73. The van der Waals surface area contributed by atoms with Gasteiger partial charge in [-0.05, 0) is 64.5 Å². The fourth-order valence-corrected chi connectivity index (χ4v) is 6.14. The zero-order valence-electron chi connectivity index (χ0n) is 23.6. The largest absolute Gasteiger partial charge is 0.493 e. The van der Waals surface area contributed by atoms with Crippen molar-refractivity contribution < 1.29 is 19.0 Å². The molecule has 1 unspecified atom stereocenters. The van der Waals surface area contributed by atoms with Gasteiger partial charge in [0.25, 0.3) is 5.56 Å². The molecule has 0 N–H and O–H groups in total. The number of aromatic nitrogens is 2. The van der Waals surface area contributed by atoms with Gasteiger partial charge in [0.2, 0.25) is 0 Å². The van der Waals surface area contributed by atoms with E-state index in [1.54, 1.807) is 25.5 Å². The molecular weight excluding hydrogens is 526 g/mol. The summed E-state index contributed by atoms with van der Waals surface area (Å²) < 4.78 is 21.2. The Morgan fingerprint density at radius 3 is 2.62 bits per heavy atom. The normalized spacial score (nSPS) is 15.4. The van der Waals surface area contributed by atoms with Crippen LogP contribution in [0.1, 0.15) is 51.8 Å². The highest BCUT2D eigenvalue weighted by Crippen LogP contribution is 2.36. The summed E-state index contributed by atoms with van der Waals surface area (Å²) in [5.41, 5.74) is 3.37. The van der Waals surface area contributed by atoms with Crippen LogP contribution < -0.4 is 24.4 Å². The van der Waals surface area contributed by atoms with Crippen molar-refractivity contribution in [2.45, 2.75) is 53.3 Å². The minimum atomic E-state index is -0.739. The van der Waals surface area contributed by atoms with Crippen molar-refractivity contribution in [1.29, 1.82) is 0 Å². The maximum absolute atomic E-state index is 14.1. The molecule has 0 fully saturated rings. The van der Waals surface area contributed by atoms with Crippen LogP contribution in [0.15, 0.2) is 69.7 Å². The predicted molar refractivity (Wildman–Crippen MR) is 157 cm³/mol. The number of ether oxygens (including phenoxy) is 3. The van der Waals surface area contributed by atoms with Crippen LogP contribution in [-0.2, 0) is 16.1 Å². The Hall–Kier alpha value is -4.11. The Morgan fingerprint density at radius 2 is 1.93 bits per heavy atom. The zero-order valence-corrected chi connectivity index (χ0v) is 24.4. The molecule has 1 aliphatic rings. The molecule has 5 rings (SSSR count). The molecule has 0 amide bonds. The molecule has 0 spiro atoms. The lowest BCUT2D eigenvalue weighted by Gasteiger charge is -2.25. The second-order valence-electron chi connectivity index (χ2n) is 9.77. The van der Waals surface area contributed by atoms with E-state index in [1.807, 2.05) is 50.3 Å². The number of benzene rings is 2. The molecule has 0 saturated carbocycles. The molecule has 0 radical (unpaired) electrons. The number of methoxy groups -OCH3 is 1. The van der Waals surface area contributed by atoms with Gasteiger partial charge < -0.3 is 18.8 Å². The minimum Gasteiger partial charge on any atom is -0.493 e. The van der Waals surface area contributed by atoms with Crippen molar-refractivity contribution in [1.82, 2.24) is 9.13 Å². The smallest absolute Gasteiger partial charge is 0.338 e. The highest BCUT2D eigenvalue weighted by atomic mass is 32.1. The number of thiazole rings is 1.